The van der Waals surface area contributed by atoms with Crippen molar-refractivity contribution in [3.8, 4) is 32.1 Å². The molecule has 0 saturated carbocycles. The highest BCUT2D eigenvalue weighted by Crippen LogP contribution is 2.37. The minimum Gasteiger partial charge on any atom is -0.496 e. The van der Waals surface area contributed by atoms with E-state index in [-0.39, 0.29) is 16.1 Å². The molecule has 5 rings (SSSR count). The molecule has 2 aromatic carbocycles. The van der Waals surface area contributed by atoms with Gasteiger partial charge in [0, 0.05) is 27.1 Å². The van der Waals surface area contributed by atoms with Crippen molar-refractivity contribution in [2.75, 3.05) is 11.8 Å². The average Bonchev–Trinajstić information content (AvgIpc) is 3.65. The summed E-state index contributed by atoms with van der Waals surface area (Å²) in [5.41, 5.74) is 0.722. The number of methoxy groups -OCH3 is 1. The van der Waals surface area contributed by atoms with E-state index in [1.54, 1.807) is 23.5 Å². The number of thioether (sulfide) groups is 1. The molecule has 202 valence electrons. The summed E-state index contributed by atoms with van der Waals surface area (Å²) in [5, 5.41) is 11.9. The van der Waals surface area contributed by atoms with Crippen LogP contribution in [0.4, 0.5) is 10.1 Å². The molecular weight excluding hydrogens is 592 g/mol. The van der Waals surface area contributed by atoms with Gasteiger partial charge in [-0.05, 0) is 53.9 Å². The average molecular weight is 611 g/mol. The summed E-state index contributed by atoms with van der Waals surface area (Å²) in [6, 6.07) is 19.0. The summed E-state index contributed by atoms with van der Waals surface area (Å²) in [6.45, 7) is 0. The molecule has 3 aromatic heterocycles. The number of benzene rings is 2. The van der Waals surface area contributed by atoms with Crippen molar-refractivity contribution < 1.29 is 17.5 Å². The molecule has 0 unspecified atom stereocenters. The first-order valence-corrected chi connectivity index (χ1v) is 15.7. The van der Waals surface area contributed by atoms with Crippen LogP contribution in [0, 0.1) is 17.1 Å². The lowest BCUT2D eigenvalue weighted by Crippen LogP contribution is -2.14. The predicted molar refractivity (Wildman–Crippen MR) is 156 cm³/mol. The van der Waals surface area contributed by atoms with Gasteiger partial charge >= 0.3 is 0 Å². The standard InChI is InChI=1S/C27H19FN4O4S4/c1-36-21-13-18(32-40(34,35)19-8-5-17(28)6-9-19)7-4-16(21)15-38-27-30-25(20(14-29)26(33)31-27)24-11-10-23(39-24)22-3-2-12-37-22/h2-13,32H,15H2,1H3,(H,30,31,33). The molecule has 8 nitrogen and oxygen atoms in total. The smallest absolute Gasteiger partial charge is 0.270 e. The van der Waals surface area contributed by atoms with Gasteiger partial charge in [0.2, 0.25) is 0 Å². The molecule has 0 fully saturated rings. The van der Waals surface area contributed by atoms with Crippen LogP contribution < -0.4 is 15.0 Å². The van der Waals surface area contributed by atoms with E-state index in [2.05, 4.69) is 14.7 Å². The Morgan fingerprint density at radius 3 is 2.58 bits per heavy atom. The molecule has 5 aromatic rings. The van der Waals surface area contributed by atoms with Gasteiger partial charge in [0.15, 0.2) is 5.16 Å². The zero-order chi connectivity index (χ0) is 28.3. The fourth-order valence-electron chi connectivity index (χ4n) is 3.72. The van der Waals surface area contributed by atoms with Crippen molar-refractivity contribution in [1.82, 2.24) is 9.97 Å². The number of ether oxygens (including phenoxy) is 1. The molecule has 0 aliphatic heterocycles. The summed E-state index contributed by atoms with van der Waals surface area (Å²) in [4.78, 5) is 22.7. The molecule has 0 atom stereocenters. The summed E-state index contributed by atoms with van der Waals surface area (Å²) < 4.78 is 46.5. The number of hydrogen-bond acceptors (Lipinski definition) is 9. The predicted octanol–water partition coefficient (Wildman–Crippen LogP) is 6.34. The lowest BCUT2D eigenvalue weighted by Gasteiger charge is -2.13. The SMILES string of the molecule is COc1cc(NS(=O)(=O)c2ccc(F)cc2)ccc1CSc1nc(-c2ccc(-c3cccs3)s2)c(C#N)c(=O)[nH]1. The van der Waals surface area contributed by atoms with E-state index in [4.69, 9.17) is 4.74 Å². The van der Waals surface area contributed by atoms with Gasteiger partial charge in [-0.25, -0.2) is 17.8 Å². The third kappa shape index (κ3) is 5.95. The van der Waals surface area contributed by atoms with E-state index in [1.165, 1.54) is 48.4 Å². The number of anilines is 1. The van der Waals surface area contributed by atoms with Gasteiger partial charge < -0.3 is 9.72 Å². The van der Waals surface area contributed by atoms with Gasteiger partial charge in [0.05, 0.1) is 22.6 Å². The lowest BCUT2D eigenvalue weighted by atomic mass is 10.2. The van der Waals surface area contributed by atoms with Crippen molar-refractivity contribution in [3.63, 3.8) is 0 Å². The van der Waals surface area contributed by atoms with E-state index in [0.717, 1.165) is 27.5 Å². The Balaban J connectivity index is 1.36. The molecule has 0 spiro atoms. The summed E-state index contributed by atoms with van der Waals surface area (Å²) in [7, 11) is -2.47. The fraction of sp³-hybridized carbons (Fsp3) is 0.0741. The van der Waals surface area contributed by atoms with Gasteiger partial charge in [0.1, 0.15) is 28.9 Å². The largest absolute Gasteiger partial charge is 0.496 e. The molecular formula is C27H19FN4O4S4. The van der Waals surface area contributed by atoms with Crippen molar-refractivity contribution in [2.24, 2.45) is 0 Å². The minimum absolute atomic E-state index is 0.0562. The number of hydrogen-bond donors (Lipinski definition) is 2. The molecule has 0 saturated heterocycles. The fourth-order valence-corrected chi connectivity index (χ4v) is 7.46. The summed E-state index contributed by atoms with van der Waals surface area (Å²) >= 11 is 4.30. The molecule has 0 aliphatic carbocycles. The van der Waals surface area contributed by atoms with Crippen LogP contribution >= 0.6 is 34.4 Å². The number of halogens is 1. The topological polar surface area (TPSA) is 125 Å². The van der Waals surface area contributed by atoms with Gasteiger partial charge in [-0.2, -0.15) is 5.26 Å². The molecule has 40 heavy (non-hydrogen) atoms. The number of nitrogens with zero attached hydrogens (tertiary/aromatic N) is 2. The number of aromatic nitrogens is 2. The van der Waals surface area contributed by atoms with Crippen LogP contribution in [0.25, 0.3) is 20.3 Å². The molecule has 13 heteroatoms. The normalized spacial score (nSPS) is 11.2. The van der Waals surface area contributed by atoms with Crippen LogP contribution in [-0.4, -0.2) is 25.5 Å². The quantitative estimate of drug-likeness (QED) is 0.147. The summed E-state index contributed by atoms with van der Waals surface area (Å²) in [6.07, 6.45) is 0. The Kier molecular flexibility index (Phi) is 8.04. The lowest BCUT2D eigenvalue weighted by molar-refractivity contribution is 0.411. The maximum Gasteiger partial charge on any atom is 0.270 e. The Morgan fingerprint density at radius 1 is 1.10 bits per heavy atom. The third-order valence-electron chi connectivity index (χ3n) is 5.64. The molecule has 0 aliphatic rings. The van der Waals surface area contributed by atoms with Crippen molar-refractivity contribution in [3.05, 3.63) is 99.4 Å². The van der Waals surface area contributed by atoms with Crippen LogP contribution in [0.15, 0.2) is 87.0 Å². The highest BCUT2D eigenvalue weighted by Gasteiger charge is 2.18. The first-order valence-electron chi connectivity index (χ1n) is 11.5. The van der Waals surface area contributed by atoms with E-state index in [0.29, 0.717) is 27.2 Å². The Morgan fingerprint density at radius 2 is 1.88 bits per heavy atom. The molecule has 0 radical (unpaired) electrons. The van der Waals surface area contributed by atoms with Crippen molar-refractivity contribution in [2.45, 2.75) is 15.8 Å². The molecule has 3 heterocycles. The van der Waals surface area contributed by atoms with Crippen LogP contribution in [0.2, 0.25) is 0 Å². The van der Waals surface area contributed by atoms with Gasteiger partial charge in [-0.1, -0.05) is 23.9 Å². The zero-order valence-electron chi connectivity index (χ0n) is 20.7. The number of rotatable bonds is 9. The molecule has 0 bridgehead atoms. The van der Waals surface area contributed by atoms with Crippen LogP contribution in [0.1, 0.15) is 11.1 Å². The second kappa shape index (κ2) is 11.6. The summed E-state index contributed by atoms with van der Waals surface area (Å²) in [5.74, 6) is 0.223. The number of sulfonamides is 1. The first-order chi connectivity index (χ1) is 19.3. The highest BCUT2D eigenvalue weighted by atomic mass is 32.2. The van der Waals surface area contributed by atoms with Gasteiger partial charge in [-0.3, -0.25) is 9.52 Å². The zero-order valence-corrected chi connectivity index (χ0v) is 23.9. The van der Waals surface area contributed by atoms with Crippen molar-refractivity contribution >= 4 is 50.1 Å². The van der Waals surface area contributed by atoms with Crippen LogP contribution in [0.5, 0.6) is 5.75 Å². The third-order valence-corrected chi connectivity index (χ3v) is 10.1. The number of aromatic amines is 1. The van der Waals surface area contributed by atoms with Crippen LogP contribution in [0.3, 0.4) is 0 Å². The minimum atomic E-state index is -3.93. The van der Waals surface area contributed by atoms with E-state index in [9.17, 15) is 22.9 Å². The van der Waals surface area contributed by atoms with Crippen LogP contribution in [-0.2, 0) is 15.8 Å². The highest BCUT2D eigenvalue weighted by molar-refractivity contribution is 7.98. The second-order valence-corrected chi connectivity index (χ2v) is 12.9. The number of nitrogens with one attached hydrogen (secondary N) is 2. The first kappa shape index (κ1) is 27.6. The van der Waals surface area contributed by atoms with Gasteiger partial charge in [-0.15, -0.1) is 22.7 Å². The van der Waals surface area contributed by atoms with E-state index >= 15 is 0 Å². The maximum absolute atomic E-state index is 13.2. The van der Waals surface area contributed by atoms with Gasteiger partial charge in [0.25, 0.3) is 15.6 Å². The Hall–Kier alpha value is -3.96. The number of nitriles is 1. The number of thiophene rings is 2. The number of H-pyrrole nitrogens is 1. The molecule has 0 amide bonds. The Labute approximate surface area is 241 Å². The molecule has 2 N–H and O–H groups in total. The van der Waals surface area contributed by atoms with Crippen molar-refractivity contribution in [1.29, 1.82) is 5.26 Å². The maximum atomic E-state index is 13.2. The van der Waals surface area contributed by atoms with E-state index in [1.807, 2.05) is 35.7 Å². The second-order valence-electron chi connectivity index (χ2n) is 8.22. The van der Waals surface area contributed by atoms with E-state index < -0.39 is 21.4 Å². The monoisotopic (exact) mass is 610 g/mol. The Bertz CT molecular complexity index is 1880.